The summed E-state index contributed by atoms with van der Waals surface area (Å²) in [6, 6.07) is 12.0. The lowest BCUT2D eigenvalue weighted by Crippen LogP contribution is -2.17. The summed E-state index contributed by atoms with van der Waals surface area (Å²) in [6.07, 6.45) is 3.00. The van der Waals surface area contributed by atoms with E-state index in [0.717, 1.165) is 5.39 Å². The molecule has 2 heterocycles. The fraction of sp³-hybridized carbons (Fsp3) is 0. The van der Waals surface area contributed by atoms with E-state index in [9.17, 15) is 9.59 Å². The molecule has 5 nitrogen and oxygen atoms in total. The highest BCUT2D eigenvalue weighted by Crippen LogP contribution is 2.15. The van der Waals surface area contributed by atoms with Gasteiger partial charge < -0.3 is 9.73 Å². The van der Waals surface area contributed by atoms with E-state index in [0.29, 0.717) is 11.1 Å². The van der Waals surface area contributed by atoms with Crippen LogP contribution in [-0.2, 0) is 0 Å². The van der Waals surface area contributed by atoms with Gasteiger partial charge in [-0.25, -0.2) is 4.79 Å². The molecule has 0 atom stereocenters. The molecule has 2 aromatic heterocycles. The van der Waals surface area contributed by atoms with E-state index in [1.807, 2.05) is 6.07 Å². The van der Waals surface area contributed by atoms with Gasteiger partial charge >= 0.3 is 5.63 Å². The normalized spacial score (nSPS) is 10.4. The Morgan fingerprint density at radius 1 is 1.15 bits per heavy atom. The van der Waals surface area contributed by atoms with Crippen molar-refractivity contribution in [1.82, 2.24) is 4.98 Å². The molecule has 0 saturated carbocycles. The van der Waals surface area contributed by atoms with Gasteiger partial charge in [0, 0.05) is 17.8 Å². The third-order valence-electron chi connectivity index (χ3n) is 2.81. The Hall–Kier alpha value is -2.95. The molecule has 3 aromatic rings. The van der Waals surface area contributed by atoms with Crippen LogP contribution in [0.2, 0.25) is 0 Å². The van der Waals surface area contributed by atoms with Gasteiger partial charge in [-0.05, 0) is 24.3 Å². The molecule has 0 aliphatic heterocycles. The van der Waals surface area contributed by atoms with Crippen LogP contribution in [0.4, 0.5) is 5.69 Å². The summed E-state index contributed by atoms with van der Waals surface area (Å²) in [5.41, 5.74) is 0.385. The van der Waals surface area contributed by atoms with Crippen LogP contribution >= 0.6 is 0 Å². The first-order valence-electron chi connectivity index (χ1n) is 5.98. The maximum atomic E-state index is 12.0. The molecule has 0 radical (unpaired) electrons. The van der Waals surface area contributed by atoms with Crippen molar-refractivity contribution >= 4 is 22.6 Å². The molecule has 0 aliphatic rings. The number of nitrogens with one attached hydrogen (secondary N) is 1. The van der Waals surface area contributed by atoms with Gasteiger partial charge in [-0.15, -0.1) is 0 Å². The van der Waals surface area contributed by atoms with Crippen LogP contribution in [0.15, 0.2) is 64.1 Å². The summed E-state index contributed by atoms with van der Waals surface area (Å²) in [4.78, 5) is 27.6. The summed E-state index contributed by atoms with van der Waals surface area (Å²) in [7, 11) is 0. The minimum Gasteiger partial charge on any atom is -0.421 e. The topological polar surface area (TPSA) is 72.2 Å². The zero-order chi connectivity index (χ0) is 13.9. The predicted octanol–water partition coefficient (Wildman–Crippen LogP) is 2.44. The predicted molar refractivity (Wildman–Crippen MR) is 74.7 cm³/mol. The number of hydrogen-bond donors (Lipinski definition) is 1. The Balaban J connectivity index is 1.97. The van der Waals surface area contributed by atoms with E-state index in [1.54, 1.807) is 42.6 Å². The van der Waals surface area contributed by atoms with Gasteiger partial charge in [0.2, 0.25) is 0 Å². The number of fused-ring (bicyclic) bond motifs is 1. The second kappa shape index (κ2) is 4.97. The number of rotatable bonds is 2. The lowest BCUT2D eigenvalue weighted by Gasteiger charge is -2.04. The monoisotopic (exact) mass is 266 g/mol. The fourth-order valence-electron chi connectivity index (χ4n) is 1.84. The number of hydrogen-bond acceptors (Lipinski definition) is 4. The van der Waals surface area contributed by atoms with Crippen molar-refractivity contribution < 1.29 is 9.21 Å². The average molecular weight is 266 g/mol. The fourth-order valence-corrected chi connectivity index (χ4v) is 1.84. The van der Waals surface area contributed by atoms with E-state index in [-0.39, 0.29) is 5.69 Å². The van der Waals surface area contributed by atoms with Gasteiger partial charge in [-0.1, -0.05) is 18.2 Å². The highest BCUT2D eigenvalue weighted by atomic mass is 16.4. The van der Waals surface area contributed by atoms with Crippen LogP contribution in [0.3, 0.4) is 0 Å². The van der Waals surface area contributed by atoms with E-state index >= 15 is 0 Å². The van der Waals surface area contributed by atoms with Crippen molar-refractivity contribution in [1.29, 1.82) is 0 Å². The summed E-state index contributed by atoms with van der Waals surface area (Å²) in [6.45, 7) is 0. The van der Waals surface area contributed by atoms with Crippen molar-refractivity contribution in [2.45, 2.75) is 0 Å². The lowest BCUT2D eigenvalue weighted by atomic mass is 10.2. The smallest absolute Gasteiger partial charge is 0.360 e. The average Bonchev–Trinajstić information content (AvgIpc) is 2.49. The lowest BCUT2D eigenvalue weighted by molar-refractivity contribution is 0.102. The van der Waals surface area contributed by atoms with Crippen LogP contribution < -0.4 is 10.9 Å². The van der Waals surface area contributed by atoms with E-state index < -0.39 is 11.5 Å². The third-order valence-corrected chi connectivity index (χ3v) is 2.81. The summed E-state index contributed by atoms with van der Waals surface area (Å²) in [5, 5.41) is 3.28. The summed E-state index contributed by atoms with van der Waals surface area (Å²) in [5.74, 6) is -0.402. The number of amides is 1. The molecule has 0 aliphatic carbocycles. The molecule has 0 saturated heterocycles. The van der Waals surface area contributed by atoms with Gasteiger partial charge in [-0.3, -0.25) is 9.78 Å². The molecule has 0 unspecified atom stereocenters. The van der Waals surface area contributed by atoms with Crippen LogP contribution in [0.25, 0.3) is 11.0 Å². The minimum absolute atomic E-state index is 0.109. The Kier molecular flexibility index (Phi) is 3.01. The molecule has 0 bridgehead atoms. The number of aromatic nitrogens is 1. The Morgan fingerprint density at radius 3 is 2.80 bits per heavy atom. The van der Waals surface area contributed by atoms with Gasteiger partial charge in [0.25, 0.3) is 5.91 Å². The number of anilines is 1. The molecule has 1 amide bonds. The van der Waals surface area contributed by atoms with Crippen LogP contribution in [0, 0.1) is 0 Å². The summed E-state index contributed by atoms with van der Waals surface area (Å²) >= 11 is 0. The molecule has 0 fully saturated rings. The number of carbonyl (C=O) groups excluding carboxylic acids is 1. The first-order valence-corrected chi connectivity index (χ1v) is 5.98. The molecular formula is C15H10N2O3. The third kappa shape index (κ3) is 2.29. The Labute approximate surface area is 113 Å². The molecule has 98 valence electrons. The van der Waals surface area contributed by atoms with Crippen LogP contribution in [-0.4, -0.2) is 10.9 Å². The van der Waals surface area contributed by atoms with Gasteiger partial charge in [-0.2, -0.15) is 0 Å². The van der Waals surface area contributed by atoms with E-state index in [1.165, 1.54) is 6.20 Å². The molecule has 1 aromatic carbocycles. The van der Waals surface area contributed by atoms with Crippen LogP contribution in [0.1, 0.15) is 10.4 Å². The molecule has 1 N–H and O–H groups in total. The molecule has 3 rings (SSSR count). The Morgan fingerprint density at radius 2 is 2.00 bits per heavy atom. The SMILES string of the molecule is O=C(Nc1cc2ccccc2oc1=O)c1cccnc1. The van der Waals surface area contributed by atoms with Crippen molar-refractivity contribution in [3.05, 3.63) is 70.8 Å². The molecule has 5 heteroatoms. The van der Waals surface area contributed by atoms with Crippen molar-refractivity contribution in [3.63, 3.8) is 0 Å². The van der Waals surface area contributed by atoms with Gasteiger partial charge in [0.1, 0.15) is 11.3 Å². The second-order valence-electron chi connectivity index (χ2n) is 4.18. The van der Waals surface area contributed by atoms with Crippen LogP contribution in [0.5, 0.6) is 0 Å². The van der Waals surface area contributed by atoms with Crippen molar-refractivity contribution in [2.75, 3.05) is 5.32 Å². The van der Waals surface area contributed by atoms with E-state index in [4.69, 9.17) is 4.42 Å². The summed E-state index contributed by atoms with van der Waals surface area (Å²) < 4.78 is 5.14. The highest BCUT2D eigenvalue weighted by molar-refractivity contribution is 6.04. The maximum absolute atomic E-state index is 12.0. The first kappa shape index (κ1) is 12.1. The number of benzene rings is 1. The van der Waals surface area contributed by atoms with Gasteiger partial charge in [0.05, 0.1) is 5.56 Å². The number of nitrogens with zero attached hydrogens (tertiary/aromatic N) is 1. The quantitative estimate of drug-likeness (QED) is 0.723. The zero-order valence-electron chi connectivity index (χ0n) is 10.4. The maximum Gasteiger partial charge on any atom is 0.360 e. The van der Waals surface area contributed by atoms with Crippen molar-refractivity contribution in [3.8, 4) is 0 Å². The second-order valence-corrected chi connectivity index (χ2v) is 4.18. The molecule has 0 spiro atoms. The molecular weight excluding hydrogens is 256 g/mol. The standard InChI is InChI=1S/C15H10N2O3/c18-14(11-5-3-7-16-9-11)17-12-8-10-4-1-2-6-13(10)20-15(12)19/h1-9H,(H,17,18). The molecule has 20 heavy (non-hydrogen) atoms. The zero-order valence-corrected chi connectivity index (χ0v) is 10.4. The first-order chi connectivity index (χ1) is 9.74. The Bertz CT molecular complexity index is 825. The highest BCUT2D eigenvalue weighted by Gasteiger charge is 2.10. The number of pyridine rings is 1. The minimum atomic E-state index is -0.582. The van der Waals surface area contributed by atoms with E-state index in [2.05, 4.69) is 10.3 Å². The largest absolute Gasteiger partial charge is 0.421 e. The number of para-hydroxylation sites is 1. The number of carbonyl (C=O) groups is 1. The van der Waals surface area contributed by atoms with Gasteiger partial charge in [0.15, 0.2) is 0 Å². The van der Waals surface area contributed by atoms with Crippen molar-refractivity contribution in [2.24, 2.45) is 0 Å².